The third-order valence-electron chi connectivity index (χ3n) is 2.52. The van der Waals surface area contributed by atoms with Gasteiger partial charge in [0.1, 0.15) is 0 Å². The Morgan fingerprint density at radius 1 is 1.12 bits per heavy atom. The average Bonchev–Trinajstić information content (AvgIpc) is 2.89. The molecule has 0 fully saturated rings. The molecule has 2 rings (SSSR count). The highest BCUT2D eigenvalue weighted by atomic mass is 32.1. The summed E-state index contributed by atoms with van der Waals surface area (Å²) < 4.78 is 0. The van der Waals surface area contributed by atoms with Crippen LogP contribution in [-0.4, -0.2) is 11.2 Å². The SMILES string of the molecule is CCc1ccc(CC(O)Cc2cccs2)s1. The summed E-state index contributed by atoms with van der Waals surface area (Å²) in [6, 6.07) is 8.42. The molecule has 1 nitrogen and oxygen atoms in total. The average molecular weight is 252 g/mol. The molecule has 1 unspecified atom stereocenters. The molecule has 0 bridgehead atoms. The summed E-state index contributed by atoms with van der Waals surface area (Å²) in [4.78, 5) is 3.96. The van der Waals surface area contributed by atoms with E-state index in [0.717, 1.165) is 19.3 Å². The Balaban J connectivity index is 1.89. The minimum atomic E-state index is -0.248. The van der Waals surface area contributed by atoms with Crippen molar-refractivity contribution >= 4 is 22.7 Å². The summed E-state index contributed by atoms with van der Waals surface area (Å²) in [6.45, 7) is 2.16. The van der Waals surface area contributed by atoms with Crippen LogP contribution in [0.1, 0.15) is 21.6 Å². The predicted octanol–water partition coefficient (Wildman–Crippen LogP) is 3.52. The van der Waals surface area contributed by atoms with Gasteiger partial charge in [0.25, 0.3) is 0 Å². The van der Waals surface area contributed by atoms with Gasteiger partial charge in [-0.3, -0.25) is 0 Å². The van der Waals surface area contributed by atoms with Crippen LogP contribution < -0.4 is 0 Å². The van der Waals surface area contributed by atoms with Crippen molar-refractivity contribution in [2.24, 2.45) is 0 Å². The van der Waals surface area contributed by atoms with Crippen LogP contribution in [0.2, 0.25) is 0 Å². The summed E-state index contributed by atoms with van der Waals surface area (Å²) in [7, 11) is 0. The van der Waals surface area contributed by atoms with E-state index in [0.29, 0.717) is 0 Å². The van der Waals surface area contributed by atoms with Gasteiger partial charge in [-0.15, -0.1) is 22.7 Å². The summed E-state index contributed by atoms with van der Waals surface area (Å²) in [6.07, 6.45) is 2.40. The lowest BCUT2D eigenvalue weighted by molar-refractivity contribution is 0.177. The maximum atomic E-state index is 9.97. The molecule has 0 amide bonds. The lowest BCUT2D eigenvalue weighted by Gasteiger charge is -2.07. The van der Waals surface area contributed by atoms with Gasteiger partial charge in [0.15, 0.2) is 0 Å². The highest BCUT2D eigenvalue weighted by Gasteiger charge is 2.09. The minimum absolute atomic E-state index is 0.248. The maximum absolute atomic E-state index is 9.97. The van der Waals surface area contributed by atoms with E-state index in [4.69, 9.17) is 0 Å². The van der Waals surface area contributed by atoms with Gasteiger partial charge in [0, 0.05) is 27.5 Å². The Bertz CT molecular complexity index is 417. The fourth-order valence-electron chi connectivity index (χ4n) is 1.69. The number of aliphatic hydroxyl groups is 1. The van der Waals surface area contributed by atoms with E-state index in [1.54, 1.807) is 11.3 Å². The monoisotopic (exact) mass is 252 g/mol. The quantitative estimate of drug-likeness (QED) is 0.863. The molecule has 2 aromatic heterocycles. The molecule has 2 heterocycles. The molecule has 0 aliphatic carbocycles. The zero-order valence-corrected chi connectivity index (χ0v) is 11.0. The topological polar surface area (TPSA) is 20.2 Å². The van der Waals surface area contributed by atoms with Gasteiger partial charge in [0.05, 0.1) is 6.10 Å². The minimum Gasteiger partial charge on any atom is -0.392 e. The number of rotatable bonds is 5. The van der Waals surface area contributed by atoms with Crippen molar-refractivity contribution in [1.29, 1.82) is 0 Å². The predicted molar refractivity (Wildman–Crippen MR) is 71.4 cm³/mol. The molecule has 0 saturated heterocycles. The lowest BCUT2D eigenvalue weighted by atomic mass is 10.1. The first-order valence-corrected chi connectivity index (χ1v) is 7.25. The van der Waals surface area contributed by atoms with E-state index in [-0.39, 0.29) is 6.10 Å². The lowest BCUT2D eigenvalue weighted by Crippen LogP contribution is -2.12. The fraction of sp³-hybridized carbons (Fsp3) is 0.385. The van der Waals surface area contributed by atoms with Crippen molar-refractivity contribution in [3.8, 4) is 0 Å². The molecule has 2 aromatic rings. The van der Waals surface area contributed by atoms with Gasteiger partial charge in [0.2, 0.25) is 0 Å². The van der Waals surface area contributed by atoms with E-state index in [1.807, 2.05) is 17.4 Å². The molecule has 0 saturated carbocycles. The summed E-state index contributed by atoms with van der Waals surface area (Å²) in [5.41, 5.74) is 0. The van der Waals surface area contributed by atoms with Crippen LogP contribution in [0.15, 0.2) is 29.6 Å². The third-order valence-corrected chi connectivity index (χ3v) is 4.67. The van der Waals surface area contributed by atoms with Crippen molar-refractivity contribution in [2.45, 2.75) is 32.3 Å². The molecule has 0 aliphatic heterocycles. The first kappa shape index (κ1) is 11.8. The summed E-state index contributed by atoms with van der Waals surface area (Å²) in [5.74, 6) is 0. The van der Waals surface area contributed by atoms with Crippen molar-refractivity contribution in [1.82, 2.24) is 0 Å². The molecule has 0 spiro atoms. The second-order valence-corrected chi connectivity index (χ2v) is 6.15. The van der Waals surface area contributed by atoms with Crippen molar-refractivity contribution < 1.29 is 5.11 Å². The van der Waals surface area contributed by atoms with E-state index >= 15 is 0 Å². The molecular formula is C13H16OS2. The van der Waals surface area contributed by atoms with Crippen LogP contribution in [0.25, 0.3) is 0 Å². The third kappa shape index (κ3) is 3.17. The van der Waals surface area contributed by atoms with Crippen molar-refractivity contribution in [2.75, 3.05) is 0 Å². The van der Waals surface area contributed by atoms with E-state index in [1.165, 1.54) is 14.6 Å². The summed E-state index contributed by atoms with van der Waals surface area (Å²) >= 11 is 3.53. The molecule has 86 valence electrons. The number of thiophene rings is 2. The Labute approximate surface area is 104 Å². The van der Waals surface area contributed by atoms with Crippen LogP contribution in [0.5, 0.6) is 0 Å². The molecule has 0 aromatic carbocycles. The number of hydrogen-bond acceptors (Lipinski definition) is 3. The number of aliphatic hydroxyl groups excluding tert-OH is 1. The maximum Gasteiger partial charge on any atom is 0.0636 e. The molecule has 3 heteroatoms. The van der Waals surface area contributed by atoms with Crippen molar-refractivity contribution in [3.63, 3.8) is 0 Å². The van der Waals surface area contributed by atoms with Gasteiger partial charge in [-0.25, -0.2) is 0 Å². The zero-order chi connectivity index (χ0) is 11.4. The normalized spacial score (nSPS) is 12.9. The Hall–Kier alpha value is -0.640. The molecule has 0 radical (unpaired) electrons. The van der Waals surface area contributed by atoms with E-state index < -0.39 is 0 Å². The molecule has 16 heavy (non-hydrogen) atoms. The van der Waals surface area contributed by atoms with E-state index in [9.17, 15) is 5.11 Å². The first-order chi connectivity index (χ1) is 7.78. The standard InChI is InChI=1S/C13H16OS2/c1-2-11-5-6-13(16-11)9-10(14)8-12-4-3-7-15-12/h3-7,10,14H,2,8-9H2,1H3. The summed E-state index contributed by atoms with van der Waals surface area (Å²) in [5, 5.41) is 12.0. The fourth-order valence-corrected chi connectivity index (χ4v) is 3.49. The molecule has 1 N–H and O–H groups in total. The van der Waals surface area contributed by atoms with Crippen LogP contribution in [0, 0.1) is 0 Å². The highest BCUT2D eigenvalue weighted by Crippen LogP contribution is 2.20. The first-order valence-electron chi connectivity index (χ1n) is 5.56. The molecular weight excluding hydrogens is 236 g/mol. The largest absolute Gasteiger partial charge is 0.392 e. The smallest absolute Gasteiger partial charge is 0.0636 e. The van der Waals surface area contributed by atoms with Crippen LogP contribution in [-0.2, 0) is 19.3 Å². The Kier molecular flexibility index (Phi) is 4.16. The van der Waals surface area contributed by atoms with Crippen LogP contribution in [0.4, 0.5) is 0 Å². The second kappa shape index (κ2) is 5.62. The Morgan fingerprint density at radius 3 is 2.50 bits per heavy atom. The van der Waals surface area contributed by atoms with Crippen LogP contribution >= 0.6 is 22.7 Å². The zero-order valence-electron chi connectivity index (χ0n) is 9.35. The van der Waals surface area contributed by atoms with Gasteiger partial charge < -0.3 is 5.11 Å². The molecule has 1 atom stereocenters. The molecule has 0 aliphatic rings. The van der Waals surface area contributed by atoms with Crippen LogP contribution in [0.3, 0.4) is 0 Å². The number of hydrogen-bond donors (Lipinski definition) is 1. The number of aryl methyl sites for hydroxylation is 1. The second-order valence-electron chi connectivity index (χ2n) is 3.86. The van der Waals surface area contributed by atoms with Gasteiger partial charge >= 0.3 is 0 Å². The highest BCUT2D eigenvalue weighted by molar-refractivity contribution is 7.12. The Morgan fingerprint density at radius 2 is 1.88 bits per heavy atom. The van der Waals surface area contributed by atoms with Gasteiger partial charge in [-0.05, 0) is 30.0 Å². The van der Waals surface area contributed by atoms with E-state index in [2.05, 4.69) is 30.5 Å². The van der Waals surface area contributed by atoms with Gasteiger partial charge in [-0.1, -0.05) is 13.0 Å². The van der Waals surface area contributed by atoms with Crippen molar-refractivity contribution in [3.05, 3.63) is 44.3 Å². The van der Waals surface area contributed by atoms with Gasteiger partial charge in [-0.2, -0.15) is 0 Å².